The van der Waals surface area contributed by atoms with E-state index in [4.69, 9.17) is 15.0 Å². The molecule has 9 aromatic rings. The largest absolute Gasteiger partial charge is 0.208 e. The van der Waals surface area contributed by atoms with E-state index in [1.54, 1.807) is 0 Å². The number of hydrogen-bond donors (Lipinski definition) is 0. The molecule has 0 N–H and O–H groups in total. The van der Waals surface area contributed by atoms with Gasteiger partial charge in [0.2, 0.25) is 0 Å². The maximum atomic E-state index is 5.20. The van der Waals surface area contributed by atoms with Gasteiger partial charge >= 0.3 is 0 Å². The molecule has 0 bridgehead atoms. The van der Waals surface area contributed by atoms with Gasteiger partial charge < -0.3 is 0 Å². The van der Waals surface area contributed by atoms with Crippen LogP contribution in [0.1, 0.15) is 0 Å². The predicted molar refractivity (Wildman–Crippen MR) is 200 cm³/mol. The molecule has 8 aromatic carbocycles. The molecule has 0 atom stereocenters. The first-order valence-corrected chi connectivity index (χ1v) is 16.2. The van der Waals surface area contributed by atoms with Gasteiger partial charge in [-0.3, -0.25) is 0 Å². The highest BCUT2D eigenvalue weighted by Gasteiger charge is 2.16. The summed E-state index contributed by atoms with van der Waals surface area (Å²) in [5, 5.41) is 7.36. The molecular formula is C45H29N3. The minimum absolute atomic E-state index is 0.636. The van der Waals surface area contributed by atoms with E-state index in [1.165, 1.54) is 32.3 Å². The summed E-state index contributed by atoms with van der Waals surface area (Å²) in [4.78, 5) is 15.4. The fourth-order valence-corrected chi connectivity index (χ4v) is 6.75. The predicted octanol–water partition coefficient (Wildman–Crippen LogP) is 11.7. The first-order valence-electron chi connectivity index (χ1n) is 16.2. The van der Waals surface area contributed by atoms with E-state index in [0.717, 1.165) is 38.9 Å². The van der Waals surface area contributed by atoms with E-state index in [0.29, 0.717) is 17.5 Å². The molecule has 0 aliphatic rings. The second-order valence-electron chi connectivity index (χ2n) is 12.1. The second-order valence-corrected chi connectivity index (χ2v) is 12.1. The number of aromatic nitrogens is 3. The first-order chi connectivity index (χ1) is 23.8. The van der Waals surface area contributed by atoms with Gasteiger partial charge in [0.1, 0.15) is 0 Å². The van der Waals surface area contributed by atoms with E-state index in [-0.39, 0.29) is 0 Å². The van der Waals surface area contributed by atoms with Crippen LogP contribution in [0.4, 0.5) is 0 Å². The summed E-state index contributed by atoms with van der Waals surface area (Å²) >= 11 is 0. The first kappa shape index (κ1) is 27.8. The van der Waals surface area contributed by atoms with E-state index in [9.17, 15) is 0 Å². The minimum atomic E-state index is 0.636. The number of nitrogens with zero attached hydrogens (tertiary/aromatic N) is 3. The molecule has 48 heavy (non-hydrogen) atoms. The zero-order valence-corrected chi connectivity index (χ0v) is 26.1. The average Bonchev–Trinajstić information content (AvgIpc) is 3.18. The quantitative estimate of drug-likeness (QED) is 0.182. The van der Waals surface area contributed by atoms with Gasteiger partial charge in [-0.25, -0.2) is 15.0 Å². The van der Waals surface area contributed by atoms with Crippen LogP contribution in [0, 0.1) is 0 Å². The summed E-state index contributed by atoms with van der Waals surface area (Å²) in [6.45, 7) is 0. The van der Waals surface area contributed by atoms with Gasteiger partial charge in [-0.1, -0.05) is 152 Å². The molecule has 1 heterocycles. The van der Waals surface area contributed by atoms with Crippen molar-refractivity contribution in [2.45, 2.75) is 0 Å². The fourth-order valence-electron chi connectivity index (χ4n) is 6.75. The Bertz CT molecular complexity index is 2500. The molecule has 0 spiro atoms. The van der Waals surface area contributed by atoms with E-state index in [2.05, 4.69) is 146 Å². The molecule has 0 saturated carbocycles. The van der Waals surface area contributed by atoms with Crippen LogP contribution in [-0.4, -0.2) is 15.0 Å². The van der Waals surface area contributed by atoms with Crippen molar-refractivity contribution in [2.75, 3.05) is 0 Å². The molecule has 3 heteroatoms. The summed E-state index contributed by atoms with van der Waals surface area (Å²) < 4.78 is 0. The molecule has 0 saturated heterocycles. The van der Waals surface area contributed by atoms with Crippen LogP contribution < -0.4 is 0 Å². The second kappa shape index (κ2) is 11.7. The molecule has 0 unspecified atom stereocenters. The van der Waals surface area contributed by atoms with Crippen molar-refractivity contribution in [2.24, 2.45) is 0 Å². The molecule has 0 amide bonds. The number of hydrogen-bond acceptors (Lipinski definition) is 3. The molecule has 224 valence electrons. The van der Waals surface area contributed by atoms with Gasteiger partial charge in [0, 0.05) is 16.7 Å². The summed E-state index contributed by atoms with van der Waals surface area (Å²) in [6.07, 6.45) is 0. The lowest BCUT2D eigenvalue weighted by molar-refractivity contribution is 1.07. The zero-order chi connectivity index (χ0) is 31.9. The van der Waals surface area contributed by atoms with E-state index < -0.39 is 0 Å². The van der Waals surface area contributed by atoms with Crippen LogP contribution in [0.15, 0.2) is 176 Å². The van der Waals surface area contributed by atoms with Crippen molar-refractivity contribution in [3.63, 3.8) is 0 Å². The average molecular weight is 612 g/mol. The topological polar surface area (TPSA) is 38.7 Å². The summed E-state index contributed by atoms with van der Waals surface area (Å²) in [5.41, 5.74) is 7.34. The monoisotopic (exact) mass is 611 g/mol. The van der Waals surface area contributed by atoms with Crippen molar-refractivity contribution >= 4 is 32.3 Å². The number of rotatable bonds is 5. The minimum Gasteiger partial charge on any atom is -0.208 e. The lowest BCUT2D eigenvalue weighted by atomic mass is 9.93. The molecule has 9 rings (SSSR count). The van der Waals surface area contributed by atoms with Gasteiger partial charge in [0.15, 0.2) is 17.5 Å². The van der Waals surface area contributed by atoms with Gasteiger partial charge in [-0.15, -0.1) is 0 Å². The Morgan fingerprint density at radius 3 is 1.06 bits per heavy atom. The van der Waals surface area contributed by atoms with Crippen LogP contribution >= 0.6 is 0 Å². The molecule has 0 fully saturated rings. The van der Waals surface area contributed by atoms with Gasteiger partial charge in [0.25, 0.3) is 0 Å². The Kier molecular flexibility index (Phi) is 6.80. The maximum Gasteiger partial charge on any atom is 0.164 e. The lowest BCUT2D eigenvalue weighted by Crippen LogP contribution is -2.00. The fraction of sp³-hybridized carbons (Fsp3) is 0. The standard InChI is InChI=1S/C45H29N3/c1-4-14-30(15-5-1)34-26-35(31-16-6-2-7-17-31)28-36(27-34)45-47-43(32-18-8-3-9-19-32)46-44(48-45)33-24-25-41-39-22-11-10-20-37(39)38-21-12-13-23-40(38)42(41)29-33/h1-29H. The van der Waals surface area contributed by atoms with Gasteiger partial charge in [-0.05, 0) is 78.8 Å². The molecule has 0 aliphatic heterocycles. The lowest BCUT2D eigenvalue weighted by Gasteiger charge is -2.14. The Balaban J connectivity index is 1.29. The summed E-state index contributed by atoms with van der Waals surface area (Å²) in [6, 6.07) is 61.7. The normalized spacial score (nSPS) is 11.3. The Morgan fingerprint density at radius 2 is 0.562 bits per heavy atom. The van der Waals surface area contributed by atoms with Gasteiger partial charge in [0.05, 0.1) is 0 Å². The van der Waals surface area contributed by atoms with Crippen LogP contribution in [0.3, 0.4) is 0 Å². The molecular weight excluding hydrogens is 583 g/mol. The van der Waals surface area contributed by atoms with Crippen molar-refractivity contribution in [1.82, 2.24) is 15.0 Å². The van der Waals surface area contributed by atoms with Crippen molar-refractivity contribution in [3.05, 3.63) is 176 Å². The summed E-state index contributed by atoms with van der Waals surface area (Å²) in [7, 11) is 0. The van der Waals surface area contributed by atoms with Crippen LogP contribution in [0.25, 0.3) is 88.7 Å². The smallest absolute Gasteiger partial charge is 0.164 e. The van der Waals surface area contributed by atoms with Crippen molar-refractivity contribution in [1.29, 1.82) is 0 Å². The molecule has 1 aromatic heterocycles. The number of benzene rings is 8. The zero-order valence-electron chi connectivity index (χ0n) is 26.1. The third-order valence-corrected chi connectivity index (χ3v) is 9.08. The van der Waals surface area contributed by atoms with E-state index in [1.807, 2.05) is 30.3 Å². The highest BCUT2D eigenvalue weighted by Crippen LogP contribution is 2.38. The Hall–Kier alpha value is -6.45. The molecule has 0 radical (unpaired) electrons. The van der Waals surface area contributed by atoms with E-state index >= 15 is 0 Å². The van der Waals surface area contributed by atoms with Crippen LogP contribution in [0.5, 0.6) is 0 Å². The summed E-state index contributed by atoms with van der Waals surface area (Å²) in [5.74, 6) is 1.92. The maximum absolute atomic E-state index is 5.20. The van der Waals surface area contributed by atoms with Crippen LogP contribution in [0.2, 0.25) is 0 Å². The van der Waals surface area contributed by atoms with Crippen LogP contribution in [-0.2, 0) is 0 Å². The molecule has 3 nitrogen and oxygen atoms in total. The SMILES string of the molecule is c1ccc(-c2cc(-c3ccccc3)cc(-c3nc(-c4ccccc4)nc(-c4ccc5c6ccccc6c6ccccc6c5c4)n3)c2)cc1. The van der Waals surface area contributed by atoms with Gasteiger partial charge in [-0.2, -0.15) is 0 Å². The van der Waals surface area contributed by atoms with Crippen molar-refractivity contribution < 1.29 is 0 Å². The number of fused-ring (bicyclic) bond motifs is 6. The van der Waals surface area contributed by atoms with Crippen molar-refractivity contribution in [3.8, 4) is 56.4 Å². The third-order valence-electron chi connectivity index (χ3n) is 9.08. The Labute approximate surface area is 278 Å². The Morgan fingerprint density at radius 1 is 0.208 bits per heavy atom. The molecule has 0 aliphatic carbocycles. The highest BCUT2D eigenvalue weighted by molar-refractivity contribution is 6.25. The third kappa shape index (κ3) is 4.99. The highest BCUT2D eigenvalue weighted by atomic mass is 15.0.